The molecule has 0 aliphatic carbocycles. The SMILES string of the molecule is CCn1c(SC(C)C(=O)Nc2cccc(C)c2C)nc2ccccc2c1=O. The third kappa shape index (κ3) is 3.90. The second-order valence-electron chi connectivity index (χ2n) is 6.46. The van der Waals surface area contributed by atoms with Crippen molar-refractivity contribution < 1.29 is 4.79 Å². The number of rotatable bonds is 5. The minimum Gasteiger partial charge on any atom is -0.325 e. The molecule has 140 valence electrons. The number of anilines is 1. The Kier molecular flexibility index (Phi) is 5.65. The quantitative estimate of drug-likeness (QED) is 0.533. The van der Waals surface area contributed by atoms with E-state index in [2.05, 4.69) is 10.3 Å². The van der Waals surface area contributed by atoms with Gasteiger partial charge in [0.15, 0.2) is 5.16 Å². The molecule has 1 amide bonds. The van der Waals surface area contributed by atoms with Gasteiger partial charge in [-0.1, -0.05) is 36.0 Å². The molecule has 0 bridgehead atoms. The molecule has 1 heterocycles. The fourth-order valence-corrected chi connectivity index (χ4v) is 3.82. The van der Waals surface area contributed by atoms with E-state index in [9.17, 15) is 9.59 Å². The summed E-state index contributed by atoms with van der Waals surface area (Å²) in [7, 11) is 0. The highest BCUT2D eigenvalue weighted by Gasteiger charge is 2.19. The van der Waals surface area contributed by atoms with Crippen molar-refractivity contribution in [3.05, 3.63) is 63.9 Å². The van der Waals surface area contributed by atoms with E-state index in [1.165, 1.54) is 11.8 Å². The van der Waals surface area contributed by atoms with Gasteiger partial charge in [0, 0.05) is 12.2 Å². The summed E-state index contributed by atoms with van der Waals surface area (Å²) in [5.74, 6) is -0.112. The maximum atomic E-state index is 12.7. The van der Waals surface area contributed by atoms with Crippen molar-refractivity contribution in [3.63, 3.8) is 0 Å². The Morgan fingerprint density at radius 1 is 1.19 bits per heavy atom. The summed E-state index contributed by atoms with van der Waals surface area (Å²) >= 11 is 1.30. The fraction of sp³-hybridized carbons (Fsp3) is 0.286. The molecule has 0 saturated heterocycles. The molecule has 1 atom stereocenters. The van der Waals surface area contributed by atoms with Crippen LogP contribution in [-0.4, -0.2) is 20.7 Å². The van der Waals surface area contributed by atoms with Crippen LogP contribution < -0.4 is 10.9 Å². The molecule has 6 heteroatoms. The van der Waals surface area contributed by atoms with E-state index in [0.29, 0.717) is 22.6 Å². The standard InChI is InChI=1S/C21H23N3O2S/c1-5-24-20(26)16-10-6-7-11-18(16)23-21(24)27-15(4)19(25)22-17-12-8-9-13(2)14(17)3/h6-12,15H,5H2,1-4H3,(H,22,25). The number of hydrogen-bond acceptors (Lipinski definition) is 4. The van der Waals surface area contributed by atoms with Crippen molar-refractivity contribution in [2.24, 2.45) is 0 Å². The Morgan fingerprint density at radius 2 is 1.93 bits per heavy atom. The first kappa shape index (κ1) is 19.2. The normalized spacial score (nSPS) is 12.1. The number of fused-ring (bicyclic) bond motifs is 1. The lowest BCUT2D eigenvalue weighted by molar-refractivity contribution is -0.115. The number of amides is 1. The number of carbonyl (C=O) groups excluding carboxylic acids is 1. The number of aryl methyl sites for hydroxylation is 1. The highest BCUT2D eigenvalue weighted by Crippen LogP contribution is 2.25. The smallest absolute Gasteiger partial charge is 0.262 e. The van der Waals surface area contributed by atoms with Crippen molar-refractivity contribution in [2.75, 3.05) is 5.32 Å². The van der Waals surface area contributed by atoms with E-state index in [4.69, 9.17) is 0 Å². The van der Waals surface area contributed by atoms with Crippen LogP contribution in [0.1, 0.15) is 25.0 Å². The van der Waals surface area contributed by atoms with E-state index in [0.717, 1.165) is 16.8 Å². The lowest BCUT2D eigenvalue weighted by Crippen LogP contribution is -2.26. The maximum absolute atomic E-state index is 12.7. The highest BCUT2D eigenvalue weighted by atomic mass is 32.2. The topological polar surface area (TPSA) is 64.0 Å². The summed E-state index contributed by atoms with van der Waals surface area (Å²) in [6.45, 7) is 8.24. The number of thioether (sulfide) groups is 1. The summed E-state index contributed by atoms with van der Waals surface area (Å²) in [5.41, 5.74) is 3.57. The summed E-state index contributed by atoms with van der Waals surface area (Å²) in [6, 6.07) is 13.1. The third-order valence-electron chi connectivity index (χ3n) is 4.66. The first-order valence-electron chi connectivity index (χ1n) is 8.95. The van der Waals surface area contributed by atoms with Gasteiger partial charge in [-0.2, -0.15) is 0 Å². The molecule has 0 aliphatic rings. The van der Waals surface area contributed by atoms with E-state index < -0.39 is 5.25 Å². The Morgan fingerprint density at radius 3 is 2.67 bits per heavy atom. The summed E-state index contributed by atoms with van der Waals surface area (Å²) in [5, 5.41) is 3.75. The molecule has 27 heavy (non-hydrogen) atoms. The molecule has 1 N–H and O–H groups in total. The third-order valence-corrected chi connectivity index (χ3v) is 5.75. The molecule has 0 spiro atoms. The van der Waals surface area contributed by atoms with Crippen molar-refractivity contribution in [1.29, 1.82) is 0 Å². The molecule has 0 saturated carbocycles. The van der Waals surface area contributed by atoms with Gasteiger partial charge in [-0.25, -0.2) is 4.98 Å². The summed E-state index contributed by atoms with van der Waals surface area (Å²) in [4.78, 5) is 30.0. The van der Waals surface area contributed by atoms with E-state index >= 15 is 0 Å². The van der Waals surface area contributed by atoms with Gasteiger partial charge in [-0.3, -0.25) is 14.2 Å². The summed E-state index contributed by atoms with van der Waals surface area (Å²) in [6.07, 6.45) is 0. The van der Waals surface area contributed by atoms with Gasteiger partial charge < -0.3 is 5.32 Å². The second-order valence-corrected chi connectivity index (χ2v) is 7.77. The van der Waals surface area contributed by atoms with Gasteiger partial charge in [0.25, 0.3) is 5.56 Å². The van der Waals surface area contributed by atoms with Crippen molar-refractivity contribution in [2.45, 2.75) is 44.6 Å². The average molecular weight is 382 g/mol. The number of nitrogens with zero attached hydrogens (tertiary/aromatic N) is 2. The Balaban J connectivity index is 1.87. The van der Waals surface area contributed by atoms with Gasteiger partial charge in [0.1, 0.15) is 0 Å². The molecular weight excluding hydrogens is 358 g/mol. The summed E-state index contributed by atoms with van der Waals surface area (Å²) < 4.78 is 1.62. The predicted octanol–water partition coefficient (Wildman–Crippen LogP) is 4.15. The molecule has 0 fully saturated rings. The number of aromatic nitrogens is 2. The molecule has 3 rings (SSSR count). The van der Waals surface area contributed by atoms with Gasteiger partial charge in [0.05, 0.1) is 16.2 Å². The van der Waals surface area contributed by atoms with Crippen LogP contribution in [0.25, 0.3) is 10.9 Å². The number of carbonyl (C=O) groups is 1. The fourth-order valence-electron chi connectivity index (χ4n) is 2.85. The van der Waals surface area contributed by atoms with Gasteiger partial charge in [-0.15, -0.1) is 0 Å². The van der Waals surface area contributed by atoms with Crippen LogP contribution >= 0.6 is 11.8 Å². The Hall–Kier alpha value is -2.60. The Bertz CT molecular complexity index is 1060. The molecule has 1 aromatic heterocycles. The van der Waals surface area contributed by atoms with E-state index in [1.54, 1.807) is 10.6 Å². The monoisotopic (exact) mass is 381 g/mol. The van der Waals surface area contributed by atoms with Crippen LogP contribution in [0, 0.1) is 13.8 Å². The van der Waals surface area contributed by atoms with Crippen LogP contribution in [0.2, 0.25) is 0 Å². The predicted molar refractivity (Wildman–Crippen MR) is 112 cm³/mol. The molecule has 1 unspecified atom stereocenters. The number of benzene rings is 2. The van der Waals surface area contributed by atoms with Crippen LogP contribution in [-0.2, 0) is 11.3 Å². The van der Waals surface area contributed by atoms with Crippen LogP contribution in [0.5, 0.6) is 0 Å². The van der Waals surface area contributed by atoms with Crippen LogP contribution in [0.15, 0.2) is 52.4 Å². The number of para-hydroxylation sites is 1. The zero-order valence-electron chi connectivity index (χ0n) is 15.9. The highest BCUT2D eigenvalue weighted by molar-refractivity contribution is 8.00. The Labute approximate surface area is 162 Å². The first-order valence-corrected chi connectivity index (χ1v) is 9.83. The molecule has 0 radical (unpaired) electrons. The van der Waals surface area contributed by atoms with Crippen LogP contribution in [0.3, 0.4) is 0 Å². The first-order chi connectivity index (χ1) is 12.9. The van der Waals surface area contributed by atoms with Crippen LogP contribution in [0.4, 0.5) is 5.69 Å². The second kappa shape index (κ2) is 7.96. The van der Waals surface area contributed by atoms with Gasteiger partial charge in [-0.05, 0) is 57.0 Å². The average Bonchev–Trinajstić information content (AvgIpc) is 2.65. The number of hydrogen-bond donors (Lipinski definition) is 1. The molecular formula is C21H23N3O2S. The zero-order chi connectivity index (χ0) is 19.6. The lowest BCUT2D eigenvalue weighted by Gasteiger charge is -2.16. The minimum absolute atomic E-state index is 0.0762. The lowest BCUT2D eigenvalue weighted by atomic mass is 10.1. The van der Waals surface area contributed by atoms with Gasteiger partial charge in [0.2, 0.25) is 5.91 Å². The van der Waals surface area contributed by atoms with E-state index in [1.807, 2.05) is 64.1 Å². The largest absolute Gasteiger partial charge is 0.325 e. The number of nitrogens with one attached hydrogen (secondary N) is 1. The van der Waals surface area contributed by atoms with Crippen molar-refractivity contribution >= 4 is 34.3 Å². The maximum Gasteiger partial charge on any atom is 0.262 e. The molecule has 3 aromatic rings. The zero-order valence-corrected chi connectivity index (χ0v) is 16.8. The molecule has 5 nitrogen and oxygen atoms in total. The van der Waals surface area contributed by atoms with Crippen molar-refractivity contribution in [3.8, 4) is 0 Å². The van der Waals surface area contributed by atoms with E-state index in [-0.39, 0.29) is 11.5 Å². The molecule has 0 aliphatic heterocycles. The van der Waals surface area contributed by atoms with Crippen molar-refractivity contribution in [1.82, 2.24) is 9.55 Å². The molecule has 2 aromatic carbocycles. The van der Waals surface area contributed by atoms with Gasteiger partial charge >= 0.3 is 0 Å². The minimum atomic E-state index is -0.393.